The second-order valence-electron chi connectivity index (χ2n) is 6.65. The van der Waals surface area contributed by atoms with Gasteiger partial charge in [0, 0.05) is 24.1 Å². The van der Waals surface area contributed by atoms with Crippen molar-refractivity contribution in [3.8, 4) is 5.75 Å². The highest BCUT2D eigenvalue weighted by atomic mass is 19.1. The molecule has 0 radical (unpaired) electrons. The molecule has 1 amide bonds. The number of rotatable bonds is 7. The second-order valence-corrected chi connectivity index (χ2v) is 6.65. The Morgan fingerprint density at radius 2 is 1.96 bits per heavy atom. The first-order chi connectivity index (χ1) is 12.0. The van der Waals surface area contributed by atoms with Gasteiger partial charge in [0.2, 0.25) is 0 Å². The van der Waals surface area contributed by atoms with Gasteiger partial charge in [0.05, 0.1) is 13.2 Å². The number of nitrogens with one attached hydrogen (secondary N) is 2. The maximum Gasteiger partial charge on any atom is 0.279 e. The molecule has 0 bridgehead atoms. The van der Waals surface area contributed by atoms with E-state index < -0.39 is 0 Å². The van der Waals surface area contributed by atoms with Crippen LogP contribution in [0.1, 0.15) is 24.0 Å². The van der Waals surface area contributed by atoms with Gasteiger partial charge in [0.1, 0.15) is 18.1 Å². The number of anilines is 1. The van der Waals surface area contributed by atoms with E-state index >= 15 is 0 Å². The third kappa shape index (κ3) is 4.79. The molecular formula is C20H24FN2O2+. The van der Waals surface area contributed by atoms with Crippen LogP contribution in [0.15, 0.2) is 42.5 Å². The molecule has 1 aliphatic carbocycles. The Kier molecular flexibility index (Phi) is 5.34. The van der Waals surface area contributed by atoms with E-state index in [2.05, 4.69) is 5.32 Å². The molecule has 1 atom stereocenters. The van der Waals surface area contributed by atoms with Crippen LogP contribution in [0.2, 0.25) is 0 Å². The normalized spacial score (nSPS) is 14.8. The zero-order chi connectivity index (χ0) is 17.8. The van der Waals surface area contributed by atoms with Crippen molar-refractivity contribution < 1.29 is 18.8 Å². The van der Waals surface area contributed by atoms with Crippen LogP contribution in [0.3, 0.4) is 0 Å². The maximum atomic E-state index is 13.6. The Morgan fingerprint density at radius 3 is 2.56 bits per heavy atom. The molecule has 4 nitrogen and oxygen atoms in total. The fourth-order valence-electron chi connectivity index (χ4n) is 2.93. The summed E-state index contributed by atoms with van der Waals surface area (Å²) < 4.78 is 18.8. The minimum Gasteiger partial charge on any atom is -0.497 e. The van der Waals surface area contributed by atoms with Crippen LogP contribution < -0.4 is 15.0 Å². The molecule has 1 aliphatic rings. The van der Waals surface area contributed by atoms with E-state index in [1.807, 2.05) is 24.3 Å². The number of aryl methyl sites for hydroxylation is 1. The topological polar surface area (TPSA) is 42.8 Å². The quantitative estimate of drug-likeness (QED) is 0.810. The third-order valence-corrected chi connectivity index (χ3v) is 4.59. The lowest BCUT2D eigenvalue weighted by atomic mass is 10.2. The molecule has 132 valence electrons. The highest BCUT2D eigenvalue weighted by Gasteiger charge is 2.34. The summed E-state index contributed by atoms with van der Waals surface area (Å²) in [5.41, 5.74) is 2.26. The number of benzene rings is 2. The molecule has 1 fully saturated rings. The molecular weight excluding hydrogens is 319 g/mol. The van der Waals surface area contributed by atoms with Gasteiger partial charge in [-0.3, -0.25) is 4.79 Å². The lowest BCUT2D eigenvalue weighted by Crippen LogP contribution is -3.13. The number of carbonyl (C=O) groups is 1. The Hall–Kier alpha value is -2.40. The average molecular weight is 343 g/mol. The monoisotopic (exact) mass is 343 g/mol. The van der Waals surface area contributed by atoms with Gasteiger partial charge in [0.25, 0.3) is 5.91 Å². The van der Waals surface area contributed by atoms with Gasteiger partial charge >= 0.3 is 0 Å². The molecule has 2 N–H and O–H groups in total. The summed E-state index contributed by atoms with van der Waals surface area (Å²) in [5.74, 6) is 0.442. The number of hydrogen-bond acceptors (Lipinski definition) is 2. The van der Waals surface area contributed by atoms with Crippen LogP contribution >= 0.6 is 0 Å². The van der Waals surface area contributed by atoms with Crippen LogP contribution in [-0.4, -0.2) is 25.6 Å². The van der Waals surface area contributed by atoms with Crippen molar-refractivity contribution in [3.63, 3.8) is 0 Å². The highest BCUT2D eigenvalue weighted by molar-refractivity contribution is 5.91. The van der Waals surface area contributed by atoms with Gasteiger partial charge in [-0.1, -0.05) is 6.07 Å². The van der Waals surface area contributed by atoms with Crippen molar-refractivity contribution in [2.24, 2.45) is 0 Å². The predicted octanol–water partition coefficient (Wildman–Crippen LogP) is 2.33. The fraction of sp³-hybridized carbons (Fsp3) is 0.350. The summed E-state index contributed by atoms with van der Waals surface area (Å²) in [6, 6.07) is 13.3. The Labute approximate surface area is 147 Å². The van der Waals surface area contributed by atoms with Crippen molar-refractivity contribution in [3.05, 3.63) is 59.4 Å². The SMILES string of the molecule is COc1ccc(C[NH+](CC(=O)Nc2ccc(C)c(F)c2)C2CC2)cc1. The van der Waals surface area contributed by atoms with Crippen LogP contribution in [0.25, 0.3) is 0 Å². The fourth-order valence-corrected chi connectivity index (χ4v) is 2.93. The molecule has 2 aromatic carbocycles. The maximum absolute atomic E-state index is 13.6. The highest BCUT2D eigenvalue weighted by Crippen LogP contribution is 2.17. The van der Waals surface area contributed by atoms with E-state index in [0.29, 0.717) is 23.8 Å². The van der Waals surface area contributed by atoms with Crippen molar-refractivity contribution in [2.45, 2.75) is 32.4 Å². The average Bonchev–Trinajstić information content (AvgIpc) is 3.43. The number of hydrogen-bond donors (Lipinski definition) is 2. The van der Waals surface area contributed by atoms with Crippen molar-refractivity contribution in [1.29, 1.82) is 0 Å². The molecule has 1 unspecified atom stereocenters. The van der Waals surface area contributed by atoms with Crippen molar-refractivity contribution in [2.75, 3.05) is 19.0 Å². The molecule has 5 heteroatoms. The molecule has 0 saturated heterocycles. The molecule has 0 heterocycles. The van der Waals surface area contributed by atoms with E-state index in [4.69, 9.17) is 4.74 Å². The standard InChI is InChI=1S/C20H23FN2O2/c1-14-3-6-16(11-19(14)21)22-20(24)13-23(17-7-8-17)12-15-4-9-18(25-2)10-5-15/h3-6,9-11,17H,7-8,12-13H2,1-2H3,(H,22,24)/p+1. The van der Waals surface area contributed by atoms with Gasteiger partial charge in [0.15, 0.2) is 6.54 Å². The molecule has 0 aliphatic heterocycles. The molecule has 0 spiro atoms. The minimum absolute atomic E-state index is 0.0846. The third-order valence-electron chi connectivity index (χ3n) is 4.59. The molecule has 1 saturated carbocycles. The molecule has 0 aromatic heterocycles. The van der Waals surface area contributed by atoms with Crippen molar-refractivity contribution >= 4 is 11.6 Å². The largest absolute Gasteiger partial charge is 0.497 e. The summed E-state index contributed by atoms with van der Waals surface area (Å²) in [6.07, 6.45) is 2.30. The number of amides is 1. The number of halogens is 1. The Balaban J connectivity index is 1.60. The lowest BCUT2D eigenvalue weighted by Gasteiger charge is -2.19. The molecule has 25 heavy (non-hydrogen) atoms. The van der Waals surface area contributed by atoms with E-state index in [1.54, 1.807) is 26.2 Å². The van der Waals surface area contributed by atoms with Gasteiger partial charge in [-0.05, 0) is 48.9 Å². The second kappa shape index (κ2) is 7.66. The van der Waals surface area contributed by atoms with E-state index in [9.17, 15) is 9.18 Å². The molecule has 3 rings (SSSR count). The lowest BCUT2D eigenvalue weighted by molar-refractivity contribution is -0.916. The summed E-state index contributed by atoms with van der Waals surface area (Å²) in [4.78, 5) is 13.6. The number of carbonyl (C=O) groups excluding carboxylic acids is 1. The molecule has 2 aromatic rings. The zero-order valence-electron chi connectivity index (χ0n) is 14.6. The van der Waals surface area contributed by atoms with Gasteiger partial charge in [-0.15, -0.1) is 0 Å². The summed E-state index contributed by atoms with van der Waals surface area (Å²) in [5, 5.41) is 2.81. The van der Waals surface area contributed by atoms with Crippen molar-refractivity contribution in [1.82, 2.24) is 0 Å². The smallest absolute Gasteiger partial charge is 0.279 e. The summed E-state index contributed by atoms with van der Waals surface area (Å²) in [7, 11) is 1.65. The first-order valence-corrected chi connectivity index (χ1v) is 8.58. The van der Waals surface area contributed by atoms with E-state index in [1.165, 1.54) is 16.5 Å². The first kappa shape index (κ1) is 17.4. The van der Waals surface area contributed by atoms with Crippen LogP contribution in [0, 0.1) is 12.7 Å². The van der Waals surface area contributed by atoms with E-state index in [0.717, 1.165) is 25.1 Å². The Bertz CT molecular complexity index is 742. The van der Waals surface area contributed by atoms with Crippen LogP contribution in [-0.2, 0) is 11.3 Å². The zero-order valence-corrected chi connectivity index (χ0v) is 14.6. The van der Waals surface area contributed by atoms with Crippen LogP contribution in [0.4, 0.5) is 10.1 Å². The number of ether oxygens (including phenoxy) is 1. The number of quaternary nitrogens is 1. The van der Waals surface area contributed by atoms with Crippen LogP contribution in [0.5, 0.6) is 5.75 Å². The summed E-state index contributed by atoms with van der Waals surface area (Å²) in [6.45, 7) is 2.88. The first-order valence-electron chi connectivity index (χ1n) is 8.58. The van der Waals surface area contributed by atoms with Gasteiger partial charge in [-0.25, -0.2) is 4.39 Å². The van der Waals surface area contributed by atoms with Gasteiger partial charge in [-0.2, -0.15) is 0 Å². The summed E-state index contributed by atoms with van der Waals surface area (Å²) >= 11 is 0. The number of methoxy groups -OCH3 is 1. The predicted molar refractivity (Wildman–Crippen MR) is 95.3 cm³/mol. The Morgan fingerprint density at radius 1 is 1.24 bits per heavy atom. The van der Waals surface area contributed by atoms with Gasteiger partial charge < -0.3 is 15.0 Å². The minimum atomic E-state index is -0.303. The van der Waals surface area contributed by atoms with E-state index in [-0.39, 0.29) is 11.7 Å².